The van der Waals surface area contributed by atoms with Crippen LogP contribution in [0.5, 0.6) is 5.75 Å². The Bertz CT molecular complexity index is 625. The summed E-state index contributed by atoms with van der Waals surface area (Å²) in [6, 6.07) is 12.1. The number of rotatable bonds is 5. The van der Waals surface area contributed by atoms with Crippen molar-refractivity contribution in [2.75, 3.05) is 13.7 Å². The lowest BCUT2D eigenvalue weighted by Crippen LogP contribution is -2.24. The topological polar surface area (TPSA) is 21.3 Å². The van der Waals surface area contributed by atoms with Crippen LogP contribution in [0.15, 0.2) is 36.4 Å². The highest BCUT2D eigenvalue weighted by Crippen LogP contribution is 2.24. The molecule has 112 valence electrons. The molecule has 0 spiro atoms. The first kappa shape index (κ1) is 15.9. The van der Waals surface area contributed by atoms with Gasteiger partial charge in [0.15, 0.2) is 0 Å². The second-order valence-corrected chi connectivity index (χ2v) is 5.84. The number of benzene rings is 2. The van der Waals surface area contributed by atoms with Gasteiger partial charge in [0.1, 0.15) is 12.4 Å². The van der Waals surface area contributed by atoms with Crippen molar-refractivity contribution >= 4 is 11.6 Å². The molecule has 1 unspecified atom stereocenters. The Morgan fingerprint density at radius 2 is 1.76 bits per heavy atom. The van der Waals surface area contributed by atoms with Gasteiger partial charge in [0.2, 0.25) is 0 Å². The second-order valence-electron chi connectivity index (χ2n) is 5.40. The van der Waals surface area contributed by atoms with Crippen LogP contribution in [0.1, 0.15) is 28.3 Å². The van der Waals surface area contributed by atoms with E-state index in [1.54, 1.807) is 0 Å². The average Bonchev–Trinajstić information content (AvgIpc) is 2.45. The van der Waals surface area contributed by atoms with E-state index in [9.17, 15) is 0 Å². The van der Waals surface area contributed by atoms with Gasteiger partial charge in [-0.25, -0.2) is 0 Å². The number of halogens is 1. The monoisotopic (exact) mass is 303 g/mol. The van der Waals surface area contributed by atoms with Crippen LogP contribution in [0.3, 0.4) is 0 Å². The lowest BCUT2D eigenvalue weighted by atomic mass is 9.96. The summed E-state index contributed by atoms with van der Waals surface area (Å²) in [5, 5.41) is 4.02. The Kier molecular flexibility index (Phi) is 5.27. The first-order valence-electron chi connectivity index (χ1n) is 7.14. The van der Waals surface area contributed by atoms with Gasteiger partial charge in [-0.1, -0.05) is 29.8 Å². The van der Waals surface area contributed by atoms with E-state index in [1.165, 1.54) is 22.3 Å². The molecule has 0 fully saturated rings. The van der Waals surface area contributed by atoms with Crippen molar-refractivity contribution in [2.45, 2.75) is 26.8 Å². The molecule has 2 aromatic rings. The highest BCUT2D eigenvalue weighted by Gasteiger charge is 2.14. The van der Waals surface area contributed by atoms with Crippen LogP contribution in [0.4, 0.5) is 0 Å². The highest BCUT2D eigenvalue weighted by atomic mass is 35.5. The van der Waals surface area contributed by atoms with Crippen molar-refractivity contribution in [3.63, 3.8) is 0 Å². The molecule has 0 radical (unpaired) electrons. The van der Waals surface area contributed by atoms with Crippen molar-refractivity contribution in [1.82, 2.24) is 5.32 Å². The quantitative estimate of drug-likeness (QED) is 0.871. The zero-order valence-corrected chi connectivity index (χ0v) is 13.8. The van der Waals surface area contributed by atoms with Crippen LogP contribution in [0.2, 0.25) is 5.02 Å². The molecule has 2 rings (SSSR count). The maximum atomic E-state index is 5.98. The Morgan fingerprint density at radius 3 is 2.43 bits per heavy atom. The van der Waals surface area contributed by atoms with E-state index in [2.05, 4.69) is 38.2 Å². The smallest absolute Gasteiger partial charge is 0.120 e. The van der Waals surface area contributed by atoms with Gasteiger partial charge >= 0.3 is 0 Å². The Labute approximate surface area is 132 Å². The van der Waals surface area contributed by atoms with E-state index in [-0.39, 0.29) is 6.04 Å². The molecule has 1 N–H and O–H groups in total. The molecule has 2 nitrogen and oxygen atoms in total. The van der Waals surface area contributed by atoms with Gasteiger partial charge in [-0.15, -0.1) is 0 Å². The predicted molar refractivity (Wildman–Crippen MR) is 89.4 cm³/mol. The highest BCUT2D eigenvalue weighted by molar-refractivity contribution is 6.30. The van der Waals surface area contributed by atoms with E-state index < -0.39 is 0 Å². The van der Waals surface area contributed by atoms with Crippen LogP contribution < -0.4 is 10.1 Å². The third-order valence-corrected chi connectivity index (χ3v) is 4.05. The Morgan fingerprint density at radius 1 is 1.05 bits per heavy atom. The molecule has 0 aliphatic carbocycles. The number of hydrogen-bond acceptors (Lipinski definition) is 2. The Hall–Kier alpha value is -1.51. The summed E-state index contributed by atoms with van der Waals surface area (Å²) >= 11 is 5.98. The van der Waals surface area contributed by atoms with E-state index in [0.29, 0.717) is 11.6 Å². The molecule has 0 aromatic heterocycles. The Balaban J connectivity index is 2.15. The van der Waals surface area contributed by atoms with E-state index in [1.807, 2.05) is 31.3 Å². The minimum absolute atomic E-state index is 0.156. The van der Waals surface area contributed by atoms with Gasteiger partial charge in [-0.05, 0) is 68.3 Å². The summed E-state index contributed by atoms with van der Waals surface area (Å²) in [5.41, 5.74) is 5.19. The molecular weight excluding hydrogens is 282 g/mol. The molecule has 3 heteroatoms. The van der Waals surface area contributed by atoms with Crippen LogP contribution in [0.25, 0.3) is 0 Å². The molecule has 0 saturated carbocycles. The van der Waals surface area contributed by atoms with E-state index in [4.69, 9.17) is 16.3 Å². The normalized spacial score (nSPS) is 12.2. The lowest BCUT2D eigenvalue weighted by molar-refractivity contribution is 0.272. The second kappa shape index (κ2) is 6.97. The maximum absolute atomic E-state index is 5.98. The third-order valence-electron chi connectivity index (χ3n) is 3.82. The number of aryl methyl sites for hydroxylation is 3. The molecule has 0 aliphatic heterocycles. The average molecular weight is 304 g/mol. The largest absolute Gasteiger partial charge is 0.492 e. The number of hydrogen-bond donors (Lipinski definition) is 1. The van der Waals surface area contributed by atoms with Gasteiger partial charge in [0, 0.05) is 5.02 Å². The van der Waals surface area contributed by atoms with Crippen LogP contribution >= 0.6 is 11.6 Å². The molecular formula is C18H22ClNO. The summed E-state index contributed by atoms with van der Waals surface area (Å²) in [6.45, 7) is 7.00. The SMILES string of the molecule is CNC(COc1cccc(Cl)c1)c1cc(C)c(C)cc1C. The molecule has 0 amide bonds. The minimum atomic E-state index is 0.156. The fraction of sp³-hybridized carbons (Fsp3) is 0.333. The van der Waals surface area contributed by atoms with Gasteiger partial charge in [-0.2, -0.15) is 0 Å². The molecule has 0 saturated heterocycles. The van der Waals surface area contributed by atoms with Crippen LogP contribution in [-0.4, -0.2) is 13.7 Å². The number of ether oxygens (including phenoxy) is 1. The van der Waals surface area contributed by atoms with E-state index >= 15 is 0 Å². The first-order chi connectivity index (χ1) is 10.0. The number of nitrogens with one attached hydrogen (secondary N) is 1. The predicted octanol–water partition coefficient (Wildman–Crippen LogP) is 4.60. The summed E-state index contributed by atoms with van der Waals surface area (Å²) < 4.78 is 5.87. The van der Waals surface area contributed by atoms with Gasteiger partial charge in [0.05, 0.1) is 6.04 Å². The van der Waals surface area contributed by atoms with Gasteiger partial charge in [0.25, 0.3) is 0 Å². The molecule has 0 aliphatic rings. The molecule has 21 heavy (non-hydrogen) atoms. The molecule has 0 heterocycles. The summed E-state index contributed by atoms with van der Waals surface area (Å²) in [6.07, 6.45) is 0. The van der Waals surface area contributed by atoms with Crippen molar-refractivity contribution in [1.29, 1.82) is 0 Å². The van der Waals surface area contributed by atoms with Crippen molar-refractivity contribution < 1.29 is 4.74 Å². The molecule has 1 atom stereocenters. The zero-order chi connectivity index (χ0) is 15.4. The van der Waals surface area contributed by atoms with Crippen molar-refractivity contribution in [3.05, 3.63) is 63.7 Å². The molecule has 0 bridgehead atoms. The fourth-order valence-electron chi connectivity index (χ4n) is 2.42. The standard InChI is InChI=1S/C18H22ClNO/c1-12-8-14(3)17(9-13(12)2)18(20-4)11-21-16-7-5-6-15(19)10-16/h5-10,18,20H,11H2,1-4H3. The lowest BCUT2D eigenvalue weighted by Gasteiger charge is -2.21. The van der Waals surface area contributed by atoms with Crippen LogP contribution in [-0.2, 0) is 0 Å². The summed E-state index contributed by atoms with van der Waals surface area (Å²) in [7, 11) is 1.96. The molecule has 2 aromatic carbocycles. The van der Waals surface area contributed by atoms with Gasteiger partial charge < -0.3 is 10.1 Å². The van der Waals surface area contributed by atoms with Crippen molar-refractivity contribution in [3.8, 4) is 5.75 Å². The number of likely N-dealkylation sites (N-methyl/N-ethyl adjacent to an activating group) is 1. The maximum Gasteiger partial charge on any atom is 0.120 e. The third kappa shape index (κ3) is 3.99. The van der Waals surface area contributed by atoms with Crippen LogP contribution in [0, 0.1) is 20.8 Å². The summed E-state index contributed by atoms with van der Waals surface area (Å²) in [4.78, 5) is 0. The summed E-state index contributed by atoms with van der Waals surface area (Å²) in [5.74, 6) is 0.796. The first-order valence-corrected chi connectivity index (χ1v) is 7.52. The zero-order valence-electron chi connectivity index (χ0n) is 13.0. The fourth-order valence-corrected chi connectivity index (χ4v) is 2.60. The van der Waals surface area contributed by atoms with Gasteiger partial charge in [-0.3, -0.25) is 0 Å². The minimum Gasteiger partial charge on any atom is -0.492 e. The van der Waals surface area contributed by atoms with E-state index in [0.717, 1.165) is 5.75 Å². The van der Waals surface area contributed by atoms with Crippen molar-refractivity contribution in [2.24, 2.45) is 0 Å².